The summed E-state index contributed by atoms with van der Waals surface area (Å²) >= 11 is 0. The highest BCUT2D eigenvalue weighted by Crippen LogP contribution is 2.15. The monoisotopic (exact) mass is 479 g/mol. The van der Waals surface area contributed by atoms with Gasteiger partial charge in [0.05, 0.1) is 6.42 Å². The topological polar surface area (TPSA) is 114 Å². The molecule has 35 heavy (non-hydrogen) atoms. The molecule has 8 heteroatoms. The number of carbonyl (C=O) groups excluding carboxylic acids is 4. The predicted octanol–water partition coefficient (Wildman–Crippen LogP) is 1.92. The molecule has 1 aliphatic rings. The van der Waals surface area contributed by atoms with Crippen molar-refractivity contribution in [1.82, 2.24) is 16.0 Å². The Morgan fingerprint density at radius 3 is 1.86 bits per heavy atom. The third kappa shape index (κ3) is 7.67. The smallest absolute Gasteiger partial charge is 0.329 e. The number of esters is 1. The van der Waals surface area contributed by atoms with E-state index >= 15 is 0 Å². The van der Waals surface area contributed by atoms with Crippen molar-refractivity contribution in [1.29, 1.82) is 0 Å². The van der Waals surface area contributed by atoms with Crippen molar-refractivity contribution in [2.45, 2.75) is 64.3 Å². The fourth-order valence-electron chi connectivity index (χ4n) is 3.86. The molecule has 2 aromatic rings. The van der Waals surface area contributed by atoms with Crippen molar-refractivity contribution in [2.24, 2.45) is 5.92 Å². The largest absolute Gasteiger partial charge is 0.460 e. The molecule has 1 saturated heterocycles. The molecule has 0 spiro atoms. The first-order chi connectivity index (χ1) is 16.7. The van der Waals surface area contributed by atoms with Crippen LogP contribution in [0.15, 0.2) is 60.7 Å². The standard InChI is InChI=1S/C27H33N3O5/c1-17(2)23-16-24(31)29-21(14-19-10-6-4-7-11-19)26(33)28-18(3)25(32)30-22(27(34)35-23)15-20-12-8-5-9-13-20/h4-13,17-18,21-23H,14-16H2,1-3H3,(H,28,33)(H,29,31)(H,30,32)/t18-,21-,22+,23-/m0/s1. The van der Waals surface area contributed by atoms with Crippen LogP contribution in [0.2, 0.25) is 0 Å². The molecule has 4 atom stereocenters. The van der Waals surface area contributed by atoms with Crippen LogP contribution in [0.25, 0.3) is 0 Å². The quantitative estimate of drug-likeness (QED) is 0.567. The van der Waals surface area contributed by atoms with Crippen LogP contribution in [0.4, 0.5) is 0 Å². The molecule has 0 unspecified atom stereocenters. The first-order valence-corrected chi connectivity index (χ1v) is 11.9. The van der Waals surface area contributed by atoms with E-state index < -0.39 is 47.9 Å². The molecule has 1 heterocycles. The average Bonchev–Trinajstić information content (AvgIpc) is 2.83. The Morgan fingerprint density at radius 1 is 0.771 bits per heavy atom. The molecule has 3 amide bonds. The summed E-state index contributed by atoms with van der Waals surface area (Å²) in [6.45, 7) is 5.24. The summed E-state index contributed by atoms with van der Waals surface area (Å²) in [6, 6.07) is 15.8. The van der Waals surface area contributed by atoms with Crippen molar-refractivity contribution in [3.8, 4) is 0 Å². The van der Waals surface area contributed by atoms with Gasteiger partial charge < -0.3 is 20.7 Å². The molecular weight excluding hydrogens is 446 g/mol. The third-order valence-electron chi connectivity index (χ3n) is 5.97. The molecule has 2 aromatic carbocycles. The molecule has 0 aromatic heterocycles. The Kier molecular flexibility index (Phi) is 9.00. The maximum Gasteiger partial charge on any atom is 0.329 e. The van der Waals surface area contributed by atoms with E-state index in [0.717, 1.165) is 11.1 Å². The number of rotatable bonds is 5. The van der Waals surface area contributed by atoms with Gasteiger partial charge in [0.2, 0.25) is 17.7 Å². The van der Waals surface area contributed by atoms with Crippen molar-refractivity contribution in [3.63, 3.8) is 0 Å². The first kappa shape index (κ1) is 25.9. The molecule has 0 aliphatic carbocycles. The predicted molar refractivity (Wildman–Crippen MR) is 131 cm³/mol. The Balaban J connectivity index is 1.87. The number of ether oxygens (including phenoxy) is 1. The van der Waals surface area contributed by atoms with Crippen molar-refractivity contribution in [2.75, 3.05) is 0 Å². The zero-order valence-corrected chi connectivity index (χ0v) is 20.3. The van der Waals surface area contributed by atoms with E-state index in [1.54, 1.807) is 0 Å². The van der Waals surface area contributed by atoms with Gasteiger partial charge in [-0.2, -0.15) is 0 Å². The molecule has 3 rings (SSSR count). The van der Waals surface area contributed by atoms with Crippen molar-refractivity contribution >= 4 is 23.7 Å². The van der Waals surface area contributed by atoms with Gasteiger partial charge in [-0.3, -0.25) is 14.4 Å². The summed E-state index contributed by atoms with van der Waals surface area (Å²) in [4.78, 5) is 52.0. The number of hydrogen-bond acceptors (Lipinski definition) is 5. The third-order valence-corrected chi connectivity index (χ3v) is 5.97. The normalized spacial score (nSPS) is 24.2. The number of benzene rings is 2. The lowest BCUT2D eigenvalue weighted by Gasteiger charge is -2.25. The van der Waals surface area contributed by atoms with E-state index in [1.165, 1.54) is 6.92 Å². The second-order valence-corrected chi connectivity index (χ2v) is 9.21. The van der Waals surface area contributed by atoms with Crippen LogP contribution in [-0.2, 0) is 36.8 Å². The van der Waals surface area contributed by atoms with Gasteiger partial charge in [-0.1, -0.05) is 74.5 Å². The maximum absolute atomic E-state index is 13.1. The summed E-state index contributed by atoms with van der Waals surface area (Å²) in [5.41, 5.74) is 1.71. The molecule has 8 nitrogen and oxygen atoms in total. The molecule has 3 N–H and O–H groups in total. The van der Waals surface area contributed by atoms with E-state index in [0.29, 0.717) is 0 Å². The summed E-state index contributed by atoms with van der Waals surface area (Å²) < 4.78 is 5.72. The summed E-state index contributed by atoms with van der Waals surface area (Å²) in [5.74, 6) is -2.16. The summed E-state index contributed by atoms with van der Waals surface area (Å²) in [7, 11) is 0. The van der Waals surface area contributed by atoms with Gasteiger partial charge in [0.15, 0.2) is 0 Å². The molecular formula is C27H33N3O5. The SMILES string of the molecule is CC(C)[C@@H]1CC(=O)N[C@@H](Cc2ccccc2)C(=O)N[C@@H](C)C(=O)N[C@H](Cc2ccccc2)C(=O)O1. The molecule has 186 valence electrons. The Hall–Kier alpha value is -3.68. The van der Waals surface area contributed by atoms with E-state index in [1.807, 2.05) is 74.5 Å². The Bertz CT molecular complexity index is 1030. The molecule has 0 radical (unpaired) electrons. The molecule has 0 saturated carbocycles. The fraction of sp³-hybridized carbons (Fsp3) is 0.407. The van der Waals surface area contributed by atoms with Gasteiger partial charge >= 0.3 is 5.97 Å². The van der Waals surface area contributed by atoms with E-state index in [9.17, 15) is 19.2 Å². The number of amides is 3. The number of cyclic esters (lactones) is 1. The van der Waals surface area contributed by atoms with Crippen LogP contribution in [0, 0.1) is 5.92 Å². The average molecular weight is 480 g/mol. The lowest BCUT2D eigenvalue weighted by Crippen LogP contribution is -2.55. The lowest BCUT2D eigenvalue weighted by atomic mass is 10.0. The van der Waals surface area contributed by atoms with Gasteiger partial charge in [0.25, 0.3) is 0 Å². The van der Waals surface area contributed by atoms with Crippen LogP contribution in [-0.4, -0.2) is 47.9 Å². The molecule has 0 bridgehead atoms. The fourth-order valence-corrected chi connectivity index (χ4v) is 3.86. The molecule has 1 fully saturated rings. The van der Waals surface area contributed by atoms with Crippen LogP contribution >= 0.6 is 0 Å². The first-order valence-electron chi connectivity index (χ1n) is 11.9. The van der Waals surface area contributed by atoms with Crippen molar-refractivity contribution < 1.29 is 23.9 Å². The van der Waals surface area contributed by atoms with Gasteiger partial charge in [0, 0.05) is 12.8 Å². The van der Waals surface area contributed by atoms with Crippen LogP contribution in [0.5, 0.6) is 0 Å². The lowest BCUT2D eigenvalue weighted by molar-refractivity contribution is -0.156. The Labute approximate surface area is 205 Å². The summed E-state index contributed by atoms with van der Waals surface area (Å²) in [6.07, 6.45) is -0.324. The number of hydrogen-bond donors (Lipinski definition) is 3. The van der Waals surface area contributed by atoms with Crippen LogP contribution < -0.4 is 16.0 Å². The van der Waals surface area contributed by atoms with E-state index in [2.05, 4.69) is 16.0 Å². The van der Waals surface area contributed by atoms with Gasteiger partial charge in [-0.05, 0) is 24.0 Å². The minimum absolute atomic E-state index is 0.0937. The van der Waals surface area contributed by atoms with E-state index in [-0.39, 0.29) is 25.2 Å². The minimum Gasteiger partial charge on any atom is -0.460 e. The highest BCUT2D eigenvalue weighted by Gasteiger charge is 2.32. The van der Waals surface area contributed by atoms with Crippen molar-refractivity contribution in [3.05, 3.63) is 71.8 Å². The maximum atomic E-state index is 13.1. The number of carbonyl (C=O) groups is 4. The zero-order chi connectivity index (χ0) is 25.4. The second-order valence-electron chi connectivity index (χ2n) is 9.21. The second kappa shape index (κ2) is 12.1. The minimum atomic E-state index is -0.963. The highest BCUT2D eigenvalue weighted by atomic mass is 16.5. The van der Waals surface area contributed by atoms with Gasteiger partial charge in [0.1, 0.15) is 24.2 Å². The zero-order valence-electron chi connectivity index (χ0n) is 20.3. The van der Waals surface area contributed by atoms with Gasteiger partial charge in [-0.15, -0.1) is 0 Å². The van der Waals surface area contributed by atoms with Gasteiger partial charge in [-0.25, -0.2) is 4.79 Å². The highest BCUT2D eigenvalue weighted by molar-refractivity contribution is 5.94. The van der Waals surface area contributed by atoms with Crippen LogP contribution in [0.3, 0.4) is 0 Å². The van der Waals surface area contributed by atoms with E-state index in [4.69, 9.17) is 4.74 Å². The molecule has 1 aliphatic heterocycles. The van der Waals surface area contributed by atoms with Crippen LogP contribution in [0.1, 0.15) is 38.3 Å². The number of nitrogens with one attached hydrogen (secondary N) is 3. The Morgan fingerprint density at radius 2 is 1.31 bits per heavy atom. The summed E-state index contributed by atoms with van der Waals surface area (Å²) in [5, 5.41) is 8.17.